The van der Waals surface area contributed by atoms with Crippen molar-refractivity contribution in [1.29, 1.82) is 0 Å². The van der Waals surface area contributed by atoms with Gasteiger partial charge in [0.25, 0.3) is 0 Å². The van der Waals surface area contributed by atoms with Crippen molar-refractivity contribution in [3.63, 3.8) is 0 Å². The van der Waals surface area contributed by atoms with Gasteiger partial charge >= 0.3 is 0 Å². The van der Waals surface area contributed by atoms with Gasteiger partial charge < -0.3 is 0 Å². The number of hydrogen-bond acceptors (Lipinski definition) is 4. The minimum absolute atomic E-state index is 0.0451. The maximum absolute atomic E-state index is 13.2. The van der Waals surface area contributed by atoms with E-state index in [0.29, 0.717) is 19.3 Å². The topological polar surface area (TPSA) is 70.9 Å². The summed E-state index contributed by atoms with van der Waals surface area (Å²) in [5.41, 5.74) is -0.233. The first kappa shape index (κ1) is 15.6. The highest BCUT2D eigenvalue weighted by Gasteiger charge is 2.38. The zero-order chi connectivity index (χ0) is 15.5. The number of sulfonamides is 1. The molecule has 7 heteroatoms. The molecule has 2 rings (SSSR count). The van der Waals surface area contributed by atoms with Gasteiger partial charge in [-0.15, -0.1) is 12.3 Å². The minimum atomic E-state index is -3.66. The van der Waals surface area contributed by atoms with E-state index in [1.165, 1.54) is 19.1 Å². The van der Waals surface area contributed by atoms with Crippen LogP contribution in [-0.2, 0) is 10.0 Å². The quantitative estimate of drug-likeness (QED) is 0.786. The van der Waals surface area contributed by atoms with Crippen LogP contribution in [-0.4, -0.2) is 20.6 Å². The van der Waals surface area contributed by atoms with Crippen molar-refractivity contribution in [3.05, 3.63) is 29.6 Å². The number of aryl methyl sites for hydroxylation is 1. The minimum Gasteiger partial charge on any atom is -0.211 e. The standard InChI is InChI=1S/C14H16FN3O2S/c1-3-4-7-14(17-18-14)8-9-16-21(19,20)12-5-6-13(15)11(2)10-12/h1,5-6,10,16H,4,7-9H2,2H3. The van der Waals surface area contributed by atoms with Gasteiger partial charge in [0.1, 0.15) is 5.82 Å². The molecule has 0 aliphatic carbocycles. The number of benzene rings is 1. The van der Waals surface area contributed by atoms with Crippen molar-refractivity contribution in [2.24, 2.45) is 10.2 Å². The second-order valence-corrected chi connectivity index (χ2v) is 6.71. The fourth-order valence-electron chi connectivity index (χ4n) is 1.92. The maximum Gasteiger partial charge on any atom is 0.240 e. The summed E-state index contributed by atoms with van der Waals surface area (Å²) in [4.78, 5) is 0.0451. The van der Waals surface area contributed by atoms with Gasteiger partial charge in [-0.05, 0) is 30.7 Å². The zero-order valence-corrected chi connectivity index (χ0v) is 12.5. The Morgan fingerprint density at radius 3 is 2.67 bits per heavy atom. The molecule has 0 aromatic heterocycles. The van der Waals surface area contributed by atoms with Crippen LogP contribution in [0.2, 0.25) is 0 Å². The third-order valence-electron chi connectivity index (χ3n) is 3.31. The van der Waals surface area contributed by atoms with Crippen molar-refractivity contribution >= 4 is 10.0 Å². The van der Waals surface area contributed by atoms with Crippen molar-refractivity contribution in [3.8, 4) is 12.3 Å². The molecule has 1 aliphatic heterocycles. The van der Waals surface area contributed by atoms with Gasteiger partial charge in [-0.3, -0.25) is 0 Å². The summed E-state index contributed by atoms with van der Waals surface area (Å²) in [6.45, 7) is 1.72. The molecule has 0 amide bonds. The summed E-state index contributed by atoms with van der Waals surface area (Å²) in [6, 6.07) is 3.69. The van der Waals surface area contributed by atoms with Crippen LogP contribution in [0.15, 0.2) is 33.3 Å². The molecule has 1 N–H and O–H groups in total. The zero-order valence-electron chi connectivity index (χ0n) is 11.6. The Morgan fingerprint density at radius 1 is 1.38 bits per heavy atom. The van der Waals surface area contributed by atoms with E-state index in [9.17, 15) is 12.8 Å². The Hall–Kier alpha value is -1.78. The average Bonchev–Trinajstić information content (AvgIpc) is 3.19. The molecule has 0 saturated carbocycles. The first-order valence-corrected chi connectivity index (χ1v) is 8.00. The van der Waals surface area contributed by atoms with Crippen LogP contribution in [0.5, 0.6) is 0 Å². The molecule has 112 valence electrons. The second-order valence-electron chi connectivity index (χ2n) is 4.95. The summed E-state index contributed by atoms with van der Waals surface area (Å²) >= 11 is 0. The molecule has 1 aromatic rings. The van der Waals surface area contributed by atoms with E-state index in [-0.39, 0.29) is 17.0 Å². The molecule has 1 aliphatic rings. The number of nitrogens with zero attached hydrogens (tertiary/aromatic N) is 2. The molecule has 0 radical (unpaired) electrons. The summed E-state index contributed by atoms with van der Waals surface area (Å²) in [5.74, 6) is 2.08. The summed E-state index contributed by atoms with van der Waals surface area (Å²) in [5, 5.41) is 7.87. The molecule has 21 heavy (non-hydrogen) atoms. The number of hydrogen-bond donors (Lipinski definition) is 1. The average molecular weight is 309 g/mol. The Balaban J connectivity index is 1.93. The van der Waals surface area contributed by atoms with Crippen LogP contribution in [0.4, 0.5) is 4.39 Å². The van der Waals surface area contributed by atoms with E-state index in [2.05, 4.69) is 20.9 Å². The predicted octanol–water partition coefficient (Wildman–Crippen LogP) is 2.38. The van der Waals surface area contributed by atoms with E-state index in [1.54, 1.807) is 0 Å². The predicted molar refractivity (Wildman–Crippen MR) is 76.6 cm³/mol. The van der Waals surface area contributed by atoms with Crippen LogP contribution in [0.25, 0.3) is 0 Å². The molecule has 0 bridgehead atoms. The molecule has 1 aromatic carbocycles. The summed E-state index contributed by atoms with van der Waals surface area (Å²) in [6.07, 6.45) is 6.83. The van der Waals surface area contributed by atoms with E-state index >= 15 is 0 Å². The first-order chi connectivity index (χ1) is 9.88. The first-order valence-electron chi connectivity index (χ1n) is 6.52. The van der Waals surface area contributed by atoms with Crippen LogP contribution in [0.1, 0.15) is 24.8 Å². The molecular formula is C14H16FN3O2S. The monoisotopic (exact) mass is 309 g/mol. The van der Waals surface area contributed by atoms with E-state index < -0.39 is 21.5 Å². The summed E-state index contributed by atoms with van der Waals surface area (Å²) < 4.78 is 39.8. The fraction of sp³-hybridized carbons (Fsp3) is 0.429. The lowest BCUT2D eigenvalue weighted by Crippen LogP contribution is -2.28. The molecule has 0 atom stereocenters. The molecule has 5 nitrogen and oxygen atoms in total. The van der Waals surface area contributed by atoms with E-state index in [1.807, 2.05) is 0 Å². The van der Waals surface area contributed by atoms with Gasteiger partial charge in [0.15, 0.2) is 5.66 Å². The van der Waals surface area contributed by atoms with Gasteiger partial charge in [-0.2, -0.15) is 10.2 Å². The Kier molecular flexibility index (Phi) is 4.40. The lowest BCUT2D eigenvalue weighted by molar-refractivity contribution is 0.505. The van der Waals surface area contributed by atoms with Crippen molar-refractivity contribution in [2.45, 2.75) is 36.7 Å². The van der Waals surface area contributed by atoms with Gasteiger partial charge in [0.05, 0.1) is 4.90 Å². The number of rotatable bonds is 7. The van der Waals surface area contributed by atoms with Gasteiger partial charge in [0.2, 0.25) is 10.0 Å². The molecule has 0 spiro atoms. The largest absolute Gasteiger partial charge is 0.240 e. The van der Waals surface area contributed by atoms with E-state index in [4.69, 9.17) is 6.42 Å². The normalized spacial score (nSPS) is 15.7. The molecule has 0 saturated heterocycles. The van der Waals surface area contributed by atoms with Crippen LogP contribution < -0.4 is 4.72 Å². The smallest absolute Gasteiger partial charge is 0.211 e. The fourth-order valence-corrected chi connectivity index (χ4v) is 3.04. The molecule has 1 heterocycles. The van der Waals surface area contributed by atoms with E-state index in [0.717, 1.165) is 6.07 Å². The van der Waals surface area contributed by atoms with Gasteiger partial charge in [0, 0.05) is 25.8 Å². The van der Waals surface area contributed by atoms with Crippen molar-refractivity contribution in [1.82, 2.24) is 4.72 Å². The van der Waals surface area contributed by atoms with Crippen LogP contribution in [0.3, 0.4) is 0 Å². The highest BCUT2D eigenvalue weighted by atomic mass is 32.2. The molecule has 0 unspecified atom stereocenters. The molecular weight excluding hydrogens is 293 g/mol. The van der Waals surface area contributed by atoms with Crippen molar-refractivity contribution in [2.75, 3.05) is 6.54 Å². The second kappa shape index (κ2) is 5.92. The van der Waals surface area contributed by atoms with Crippen LogP contribution >= 0.6 is 0 Å². The third-order valence-corrected chi connectivity index (χ3v) is 4.77. The molecule has 0 fully saturated rings. The number of nitrogens with one attached hydrogen (secondary N) is 1. The summed E-state index contributed by atoms with van der Waals surface area (Å²) in [7, 11) is -3.66. The Bertz CT molecular complexity index is 701. The maximum atomic E-state index is 13.2. The number of terminal acetylenes is 1. The number of halogens is 1. The van der Waals surface area contributed by atoms with Crippen LogP contribution in [0, 0.1) is 25.1 Å². The highest BCUT2D eigenvalue weighted by molar-refractivity contribution is 7.89. The van der Waals surface area contributed by atoms with Gasteiger partial charge in [-0.25, -0.2) is 17.5 Å². The van der Waals surface area contributed by atoms with Gasteiger partial charge in [-0.1, -0.05) is 0 Å². The third kappa shape index (κ3) is 3.86. The Labute approximate surface area is 123 Å². The van der Waals surface area contributed by atoms with Crippen molar-refractivity contribution < 1.29 is 12.8 Å². The SMILES string of the molecule is C#CCCC1(CCNS(=O)(=O)c2ccc(F)c(C)c2)N=N1. The lowest BCUT2D eigenvalue weighted by atomic mass is 10.1. The highest BCUT2D eigenvalue weighted by Crippen LogP contribution is 2.36. The Morgan fingerprint density at radius 2 is 2.10 bits per heavy atom. The lowest BCUT2D eigenvalue weighted by Gasteiger charge is -2.11.